The van der Waals surface area contributed by atoms with E-state index in [1.165, 1.54) is 4.68 Å². The van der Waals surface area contributed by atoms with Crippen molar-refractivity contribution in [3.05, 3.63) is 40.3 Å². The van der Waals surface area contributed by atoms with Gasteiger partial charge in [0.1, 0.15) is 0 Å². The van der Waals surface area contributed by atoms with Gasteiger partial charge in [0, 0.05) is 24.0 Å². The van der Waals surface area contributed by atoms with E-state index in [1.807, 2.05) is 32.6 Å². The van der Waals surface area contributed by atoms with Crippen LogP contribution in [0.2, 0.25) is 0 Å². The van der Waals surface area contributed by atoms with E-state index in [2.05, 4.69) is 5.10 Å². The van der Waals surface area contributed by atoms with Crippen molar-refractivity contribution in [3.8, 4) is 0 Å². The molecule has 1 aliphatic heterocycles. The Bertz CT molecular complexity index is 988. The molecule has 0 bridgehead atoms. The molecule has 0 spiro atoms. The molecule has 1 fully saturated rings. The Morgan fingerprint density at radius 2 is 1.70 bits per heavy atom. The normalized spacial score (nSPS) is 20.4. The molecule has 1 amide bonds. The Hall–Kier alpha value is -2.70. The van der Waals surface area contributed by atoms with Gasteiger partial charge in [0.05, 0.1) is 5.39 Å². The van der Waals surface area contributed by atoms with E-state index in [-0.39, 0.29) is 35.2 Å². The molecule has 0 radical (unpaired) electrons. The highest BCUT2D eigenvalue weighted by Crippen LogP contribution is 2.24. The van der Waals surface area contributed by atoms with Gasteiger partial charge in [-0.2, -0.15) is 5.10 Å². The van der Waals surface area contributed by atoms with Crippen LogP contribution in [-0.4, -0.2) is 44.7 Å². The van der Waals surface area contributed by atoms with Crippen LogP contribution in [0.4, 0.5) is 0 Å². The number of likely N-dealkylation sites (tertiary alicyclic amines) is 1. The minimum Gasteiger partial charge on any atom is -0.448 e. The predicted octanol–water partition coefficient (Wildman–Crippen LogP) is 3.39. The molecule has 7 heteroatoms. The summed E-state index contributed by atoms with van der Waals surface area (Å²) >= 11 is 0. The molecule has 3 atom stereocenters. The summed E-state index contributed by atoms with van der Waals surface area (Å²) < 4.78 is 6.86. The number of benzene rings is 1. The van der Waals surface area contributed by atoms with Crippen LogP contribution in [0.15, 0.2) is 29.1 Å². The monoisotopic (exact) mass is 413 g/mol. The number of nitrogens with zero attached hydrogens (tertiary/aromatic N) is 3. The maximum Gasteiger partial charge on any atom is 0.360 e. The van der Waals surface area contributed by atoms with Crippen LogP contribution in [0.1, 0.15) is 64.4 Å². The standard InChI is InChI=1S/C23H31N3O4/c1-14(2)13-25-22(28)19-12-7-6-11-18(19)20(24-25)23(29)30-17(5)21(27)26-15(3)9-8-10-16(26)4/h6-7,11-12,14-17H,8-10,13H2,1-5H3/t15-,16-,17-/m1/s1. The van der Waals surface area contributed by atoms with Gasteiger partial charge in [0.25, 0.3) is 11.5 Å². The van der Waals surface area contributed by atoms with E-state index < -0.39 is 12.1 Å². The number of aromatic nitrogens is 2. The number of piperidine rings is 1. The Balaban J connectivity index is 1.90. The number of ether oxygens (including phenoxy) is 1. The van der Waals surface area contributed by atoms with Crippen LogP contribution >= 0.6 is 0 Å². The first kappa shape index (κ1) is 22.0. The van der Waals surface area contributed by atoms with E-state index >= 15 is 0 Å². The molecule has 0 N–H and O–H groups in total. The first-order valence-electron chi connectivity index (χ1n) is 10.7. The zero-order chi connectivity index (χ0) is 22.0. The summed E-state index contributed by atoms with van der Waals surface area (Å²) in [6.45, 7) is 9.99. The zero-order valence-corrected chi connectivity index (χ0v) is 18.4. The molecule has 2 aromatic rings. The van der Waals surface area contributed by atoms with Gasteiger partial charge in [-0.15, -0.1) is 0 Å². The molecule has 162 valence electrons. The molecule has 1 saturated heterocycles. The summed E-state index contributed by atoms with van der Waals surface area (Å²) in [5.74, 6) is -0.701. The van der Waals surface area contributed by atoms with Gasteiger partial charge < -0.3 is 9.64 Å². The number of esters is 1. The quantitative estimate of drug-likeness (QED) is 0.702. The Morgan fingerprint density at radius 1 is 1.10 bits per heavy atom. The summed E-state index contributed by atoms with van der Waals surface area (Å²) in [6.07, 6.45) is 2.06. The van der Waals surface area contributed by atoms with Gasteiger partial charge in [-0.05, 0) is 52.0 Å². The molecule has 1 aromatic heterocycles. The summed E-state index contributed by atoms with van der Waals surface area (Å²) in [6, 6.07) is 7.10. The summed E-state index contributed by atoms with van der Waals surface area (Å²) in [7, 11) is 0. The molecule has 0 saturated carbocycles. The number of hydrogen-bond donors (Lipinski definition) is 0. The van der Waals surface area contributed by atoms with Crippen LogP contribution < -0.4 is 5.56 Å². The third-order valence-electron chi connectivity index (χ3n) is 5.68. The van der Waals surface area contributed by atoms with E-state index in [9.17, 15) is 14.4 Å². The van der Waals surface area contributed by atoms with Crippen LogP contribution in [0, 0.1) is 5.92 Å². The number of carbonyl (C=O) groups is 2. The average molecular weight is 414 g/mol. The van der Waals surface area contributed by atoms with E-state index in [4.69, 9.17) is 4.74 Å². The first-order valence-corrected chi connectivity index (χ1v) is 10.7. The lowest BCUT2D eigenvalue weighted by molar-refractivity contribution is -0.146. The van der Waals surface area contributed by atoms with Crippen molar-refractivity contribution in [2.45, 2.75) is 78.6 Å². The average Bonchev–Trinajstić information content (AvgIpc) is 2.69. The maximum absolute atomic E-state index is 13.0. The second-order valence-electron chi connectivity index (χ2n) is 8.70. The molecule has 3 rings (SSSR count). The van der Waals surface area contributed by atoms with Crippen LogP contribution in [0.5, 0.6) is 0 Å². The fraction of sp³-hybridized carbons (Fsp3) is 0.565. The molecule has 1 aromatic carbocycles. The third kappa shape index (κ3) is 4.40. The lowest BCUT2D eigenvalue weighted by atomic mass is 9.97. The molecule has 1 aliphatic rings. The van der Waals surface area contributed by atoms with Gasteiger partial charge >= 0.3 is 5.97 Å². The van der Waals surface area contributed by atoms with Crippen molar-refractivity contribution in [1.82, 2.24) is 14.7 Å². The first-order chi connectivity index (χ1) is 14.2. The summed E-state index contributed by atoms with van der Waals surface area (Å²) in [4.78, 5) is 40.5. The van der Waals surface area contributed by atoms with Crippen LogP contribution in [-0.2, 0) is 16.1 Å². The molecule has 2 heterocycles. The number of carbonyl (C=O) groups excluding carboxylic acids is 2. The highest BCUT2D eigenvalue weighted by Gasteiger charge is 2.34. The van der Waals surface area contributed by atoms with Crippen molar-refractivity contribution in [3.63, 3.8) is 0 Å². The maximum atomic E-state index is 13.0. The topological polar surface area (TPSA) is 81.5 Å². The van der Waals surface area contributed by atoms with Crippen LogP contribution in [0.3, 0.4) is 0 Å². The highest BCUT2D eigenvalue weighted by atomic mass is 16.5. The minimum absolute atomic E-state index is 0.0604. The number of amides is 1. The zero-order valence-electron chi connectivity index (χ0n) is 18.4. The van der Waals surface area contributed by atoms with Gasteiger partial charge in [-0.25, -0.2) is 9.48 Å². The second-order valence-corrected chi connectivity index (χ2v) is 8.70. The van der Waals surface area contributed by atoms with Gasteiger partial charge in [0.2, 0.25) is 0 Å². The smallest absolute Gasteiger partial charge is 0.360 e. The largest absolute Gasteiger partial charge is 0.448 e. The summed E-state index contributed by atoms with van der Waals surface area (Å²) in [5, 5.41) is 5.15. The van der Waals surface area contributed by atoms with Crippen LogP contribution in [0.25, 0.3) is 10.8 Å². The number of rotatable bonds is 5. The summed E-state index contributed by atoms with van der Waals surface area (Å²) in [5.41, 5.74) is -0.179. The number of fused-ring (bicyclic) bond motifs is 1. The van der Waals surface area contributed by atoms with Crippen molar-refractivity contribution in [1.29, 1.82) is 0 Å². The third-order valence-corrected chi connectivity index (χ3v) is 5.68. The Kier molecular flexibility index (Phi) is 6.58. The van der Waals surface area contributed by atoms with Crippen molar-refractivity contribution in [2.75, 3.05) is 0 Å². The SMILES string of the molecule is CC(C)Cn1nc(C(=O)O[C@H](C)C(=O)N2[C@H](C)CCC[C@H]2C)c2ccccc2c1=O. The second kappa shape index (κ2) is 8.98. The molecule has 0 unspecified atom stereocenters. The van der Waals surface area contributed by atoms with Crippen molar-refractivity contribution < 1.29 is 14.3 Å². The minimum atomic E-state index is -0.925. The molecule has 30 heavy (non-hydrogen) atoms. The number of hydrogen-bond acceptors (Lipinski definition) is 5. The Labute approximate surface area is 177 Å². The Morgan fingerprint density at radius 3 is 2.30 bits per heavy atom. The van der Waals surface area contributed by atoms with Gasteiger partial charge in [-0.3, -0.25) is 9.59 Å². The van der Waals surface area contributed by atoms with Crippen molar-refractivity contribution >= 4 is 22.6 Å². The predicted molar refractivity (Wildman–Crippen MR) is 115 cm³/mol. The molecular formula is C23H31N3O4. The van der Waals surface area contributed by atoms with Crippen molar-refractivity contribution in [2.24, 2.45) is 5.92 Å². The molecular weight excluding hydrogens is 382 g/mol. The van der Waals surface area contributed by atoms with E-state index in [1.54, 1.807) is 31.2 Å². The molecule has 7 nitrogen and oxygen atoms in total. The van der Waals surface area contributed by atoms with E-state index in [0.29, 0.717) is 17.3 Å². The lowest BCUT2D eigenvalue weighted by Gasteiger charge is -2.40. The van der Waals surface area contributed by atoms with Gasteiger partial charge in [-0.1, -0.05) is 32.0 Å². The lowest BCUT2D eigenvalue weighted by Crippen LogP contribution is -2.51. The fourth-order valence-corrected chi connectivity index (χ4v) is 4.19. The highest BCUT2D eigenvalue weighted by molar-refractivity contribution is 6.02. The fourth-order valence-electron chi connectivity index (χ4n) is 4.19. The van der Waals surface area contributed by atoms with E-state index in [0.717, 1.165) is 19.3 Å². The van der Waals surface area contributed by atoms with Gasteiger partial charge in [0.15, 0.2) is 11.8 Å². The molecule has 0 aliphatic carbocycles.